The first-order chi connectivity index (χ1) is 12.9. The van der Waals surface area contributed by atoms with Gasteiger partial charge in [-0.25, -0.2) is 4.79 Å². The lowest BCUT2D eigenvalue weighted by molar-refractivity contribution is 0.0949. The summed E-state index contributed by atoms with van der Waals surface area (Å²) < 4.78 is 3.30. The number of hydrogen-bond donors (Lipinski definition) is 2. The first kappa shape index (κ1) is 18.8. The van der Waals surface area contributed by atoms with Gasteiger partial charge in [0.1, 0.15) is 0 Å². The number of benzene rings is 2. The number of carbonyl (C=O) groups is 1. The fourth-order valence-corrected chi connectivity index (χ4v) is 3.04. The molecule has 0 atom stereocenters. The van der Waals surface area contributed by atoms with Crippen LogP contribution in [0.15, 0.2) is 47.3 Å². The second-order valence-electron chi connectivity index (χ2n) is 7.26. The zero-order chi connectivity index (χ0) is 19.6. The topological polar surface area (TPSA) is 68.1 Å². The highest BCUT2D eigenvalue weighted by molar-refractivity contribution is 5.95. The summed E-state index contributed by atoms with van der Waals surface area (Å²) in [7, 11) is 3.56. The van der Waals surface area contributed by atoms with Gasteiger partial charge in [-0.05, 0) is 41.8 Å². The number of carbonyl (C=O) groups excluding carboxylic acids is 1. The number of nitrogens with zero attached hydrogens (tertiary/aromatic N) is 2. The summed E-state index contributed by atoms with van der Waals surface area (Å²) in [5.41, 5.74) is 4.38. The first-order valence-corrected chi connectivity index (χ1v) is 9.13. The third-order valence-corrected chi connectivity index (χ3v) is 4.63. The highest BCUT2D eigenvalue weighted by Crippen LogP contribution is 2.16. The molecule has 6 heteroatoms. The van der Waals surface area contributed by atoms with Crippen LogP contribution in [0.25, 0.3) is 11.0 Å². The molecule has 3 aromatic rings. The molecule has 2 aromatic carbocycles. The van der Waals surface area contributed by atoms with Crippen molar-refractivity contribution >= 4 is 22.6 Å². The van der Waals surface area contributed by atoms with E-state index in [0.29, 0.717) is 24.6 Å². The Labute approximate surface area is 158 Å². The molecule has 0 radical (unpaired) electrons. The van der Waals surface area contributed by atoms with E-state index in [9.17, 15) is 9.59 Å². The van der Waals surface area contributed by atoms with Crippen molar-refractivity contribution in [1.29, 1.82) is 0 Å². The Morgan fingerprint density at radius 2 is 1.78 bits per heavy atom. The number of fused-ring (bicyclic) bond motifs is 1. The Balaban J connectivity index is 1.72. The number of amides is 1. The second-order valence-corrected chi connectivity index (χ2v) is 7.26. The van der Waals surface area contributed by atoms with Gasteiger partial charge in [-0.3, -0.25) is 13.9 Å². The maximum atomic E-state index is 12.2. The second kappa shape index (κ2) is 7.70. The van der Waals surface area contributed by atoms with E-state index in [4.69, 9.17) is 0 Å². The molecule has 0 saturated heterocycles. The number of rotatable bonds is 6. The van der Waals surface area contributed by atoms with E-state index in [1.165, 1.54) is 0 Å². The zero-order valence-corrected chi connectivity index (χ0v) is 16.2. The van der Waals surface area contributed by atoms with Crippen LogP contribution in [0, 0.1) is 5.92 Å². The number of imidazole rings is 1. The van der Waals surface area contributed by atoms with E-state index in [0.717, 1.165) is 22.3 Å². The first-order valence-electron chi connectivity index (χ1n) is 9.13. The number of anilines is 1. The van der Waals surface area contributed by atoms with Crippen LogP contribution in [0.2, 0.25) is 0 Å². The Morgan fingerprint density at radius 1 is 1.04 bits per heavy atom. The average molecular weight is 366 g/mol. The third-order valence-electron chi connectivity index (χ3n) is 4.63. The van der Waals surface area contributed by atoms with Crippen molar-refractivity contribution in [2.75, 3.05) is 11.9 Å². The largest absolute Gasteiger partial charge is 0.381 e. The lowest BCUT2D eigenvalue weighted by Crippen LogP contribution is -2.27. The van der Waals surface area contributed by atoms with Crippen LogP contribution in [0.5, 0.6) is 0 Å². The van der Waals surface area contributed by atoms with Gasteiger partial charge >= 0.3 is 5.69 Å². The molecule has 1 aromatic heterocycles. The molecule has 0 aliphatic heterocycles. The van der Waals surface area contributed by atoms with Crippen LogP contribution < -0.4 is 16.3 Å². The van der Waals surface area contributed by atoms with Gasteiger partial charge in [-0.1, -0.05) is 26.0 Å². The molecule has 27 heavy (non-hydrogen) atoms. The number of aryl methyl sites for hydroxylation is 2. The predicted octanol–water partition coefficient (Wildman–Crippen LogP) is 2.87. The molecule has 0 fully saturated rings. The zero-order valence-electron chi connectivity index (χ0n) is 16.2. The number of aromatic nitrogens is 2. The van der Waals surface area contributed by atoms with Crippen molar-refractivity contribution in [3.8, 4) is 0 Å². The minimum Gasteiger partial charge on any atom is -0.381 e. The van der Waals surface area contributed by atoms with E-state index in [-0.39, 0.29) is 11.6 Å². The Bertz CT molecular complexity index is 1030. The maximum Gasteiger partial charge on any atom is 0.328 e. The molecule has 0 spiro atoms. The smallest absolute Gasteiger partial charge is 0.328 e. The normalized spacial score (nSPS) is 11.1. The van der Waals surface area contributed by atoms with Gasteiger partial charge in [0, 0.05) is 38.4 Å². The molecular formula is C21H26N4O2. The molecular weight excluding hydrogens is 340 g/mol. The summed E-state index contributed by atoms with van der Waals surface area (Å²) in [5.74, 6) is 0.354. The fourth-order valence-electron chi connectivity index (χ4n) is 3.04. The number of nitrogens with one attached hydrogen (secondary N) is 2. The highest BCUT2D eigenvalue weighted by atomic mass is 16.2. The molecule has 0 aliphatic carbocycles. The van der Waals surface area contributed by atoms with Crippen LogP contribution in [-0.4, -0.2) is 21.6 Å². The van der Waals surface area contributed by atoms with E-state index in [2.05, 4.69) is 24.5 Å². The Kier molecular flexibility index (Phi) is 5.35. The molecule has 3 rings (SSSR count). The van der Waals surface area contributed by atoms with Crippen LogP contribution in [0.1, 0.15) is 29.8 Å². The van der Waals surface area contributed by atoms with Crippen molar-refractivity contribution in [2.24, 2.45) is 20.0 Å². The van der Waals surface area contributed by atoms with Crippen molar-refractivity contribution in [3.05, 3.63) is 64.1 Å². The van der Waals surface area contributed by atoms with Crippen molar-refractivity contribution in [1.82, 2.24) is 14.5 Å². The highest BCUT2D eigenvalue weighted by Gasteiger charge is 2.09. The van der Waals surface area contributed by atoms with Gasteiger partial charge in [-0.2, -0.15) is 0 Å². The van der Waals surface area contributed by atoms with Crippen molar-refractivity contribution < 1.29 is 4.79 Å². The molecule has 1 amide bonds. The predicted molar refractivity (Wildman–Crippen MR) is 109 cm³/mol. The lowest BCUT2D eigenvalue weighted by atomic mass is 10.1. The van der Waals surface area contributed by atoms with Gasteiger partial charge < -0.3 is 10.6 Å². The van der Waals surface area contributed by atoms with E-state index >= 15 is 0 Å². The molecule has 0 aliphatic rings. The lowest BCUT2D eigenvalue weighted by Gasteiger charge is -2.10. The van der Waals surface area contributed by atoms with Gasteiger partial charge in [0.25, 0.3) is 5.91 Å². The van der Waals surface area contributed by atoms with E-state index in [1.807, 2.05) is 42.5 Å². The Hall–Kier alpha value is -3.02. The molecule has 6 nitrogen and oxygen atoms in total. The van der Waals surface area contributed by atoms with Crippen LogP contribution in [0.3, 0.4) is 0 Å². The molecule has 0 saturated carbocycles. The SMILES string of the molecule is CC(C)CNC(=O)c1cccc(NCc2ccc3c(c2)n(C)c(=O)n3C)c1. The van der Waals surface area contributed by atoms with E-state index in [1.54, 1.807) is 23.2 Å². The molecule has 142 valence electrons. The standard InChI is InChI=1S/C21H26N4O2/c1-14(2)12-23-20(26)16-6-5-7-17(11-16)22-13-15-8-9-18-19(10-15)25(4)21(27)24(18)3/h5-11,14,22H,12-13H2,1-4H3,(H,23,26). The van der Waals surface area contributed by atoms with Crippen molar-refractivity contribution in [3.63, 3.8) is 0 Å². The number of hydrogen-bond acceptors (Lipinski definition) is 3. The third kappa shape index (κ3) is 4.05. The average Bonchev–Trinajstić information content (AvgIpc) is 2.88. The van der Waals surface area contributed by atoms with Crippen LogP contribution in [0.4, 0.5) is 5.69 Å². The fraction of sp³-hybridized carbons (Fsp3) is 0.333. The van der Waals surface area contributed by atoms with Crippen LogP contribution >= 0.6 is 0 Å². The Morgan fingerprint density at radius 3 is 2.52 bits per heavy atom. The van der Waals surface area contributed by atoms with Gasteiger partial charge in [-0.15, -0.1) is 0 Å². The minimum atomic E-state index is -0.0620. The summed E-state index contributed by atoms with van der Waals surface area (Å²) in [6.45, 7) is 5.40. The summed E-state index contributed by atoms with van der Waals surface area (Å²) in [5, 5.41) is 6.28. The summed E-state index contributed by atoms with van der Waals surface area (Å²) in [6.07, 6.45) is 0. The van der Waals surface area contributed by atoms with Gasteiger partial charge in [0.15, 0.2) is 0 Å². The molecule has 1 heterocycles. The summed E-state index contributed by atoms with van der Waals surface area (Å²) in [6, 6.07) is 13.5. The van der Waals surface area contributed by atoms with Gasteiger partial charge in [0.2, 0.25) is 0 Å². The van der Waals surface area contributed by atoms with Crippen molar-refractivity contribution in [2.45, 2.75) is 20.4 Å². The maximum absolute atomic E-state index is 12.2. The summed E-state index contributed by atoms with van der Waals surface area (Å²) >= 11 is 0. The molecule has 0 bridgehead atoms. The molecule has 2 N–H and O–H groups in total. The summed E-state index contributed by atoms with van der Waals surface area (Å²) in [4.78, 5) is 24.3. The minimum absolute atomic E-state index is 0.0322. The monoisotopic (exact) mass is 366 g/mol. The molecule has 0 unspecified atom stereocenters. The van der Waals surface area contributed by atoms with Crippen LogP contribution in [-0.2, 0) is 20.6 Å². The van der Waals surface area contributed by atoms with Gasteiger partial charge in [0.05, 0.1) is 11.0 Å². The quantitative estimate of drug-likeness (QED) is 0.705. The van der Waals surface area contributed by atoms with E-state index < -0.39 is 0 Å².